The predicted molar refractivity (Wildman–Crippen MR) is 142 cm³/mol. The van der Waals surface area contributed by atoms with Crippen molar-refractivity contribution in [3.05, 3.63) is 113 Å². The van der Waals surface area contributed by atoms with Gasteiger partial charge in [0.25, 0.3) is 5.91 Å². The number of carbonyl (C=O) groups excluding carboxylic acids is 1. The van der Waals surface area contributed by atoms with Gasteiger partial charge in [-0.1, -0.05) is 90.7 Å². The van der Waals surface area contributed by atoms with Crippen molar-refractivity contribution in [2.24, 2.45) is 0 Å². The normalized spacial score (nSPS) is 15.2. The summed E-state index contributed by atoms with van der Waals surface area (Å²) in [4.78, 5) is 14.6. The number of alkyl halides is 3. The van der Waals surface area contributed by atoms with E-state index in [1.165, 1.54) is 12.1 Å². The molecule has 0 saturated carbocycles. The minimum absolute atomic E-state index is 0.0798. The molecule has 0 radical (unpaired) electrons. The van der Waals surface area contributed by atoms with E-state index in [9.17, 15) is 18.0 Å². The average Bonchev–Trinajstić information content (AvgIpc) is 3.15. The van der Waals surface area contributed by atoms with Gasteiger partial charge in [-0.2, -0.15) is 13.2 Å². The van der Waals surface area contributed by atoms with Crippen LogP contribution in [0.4, 0.5) is 18.9 Å². The van der Waals surface area contributed by atoms with Gasteiger partial charge in [0.1, 0.15) is 12.4 Å². The van der Waals surface area contributed by atoms with E-state index in [0.717, 1.165) is 45.1 Å². The fraction of sp³-hybridized carbons (Fsp3) is 0.0714. The molecule has 0 N–H and O–H groups in total. The van der Waals surface area contributed by atoms with Gasteiger partial charge in [0.2, 0.25) is 0 Å². The van der Waals surface area contributed by atoms with Gasteiger partial charge in [0, 0.05) is 5.56 Å². The number of rotatable bonds is 5. The van der Waals surface area contributed by atoms with Gasteiger partial charge in [-0.25, -0.2) is 0 Å². The highest BCUT2D eigenvalue weighted by Gasteiger charge is 2.36. The lowest BCUT2D eigenvalue weighted by molar-refractivity contribution is -0.137. The summed E-state index contributed by atoms with van der Waals surface area (Å²) in [6.45, 7) is 0.331. The van der Waals surface area contributed by atoms with Crippen molar-refractivity contribution in [2.75, 3.05) is 4.90 Å². The second-order valence-corrected chi connectivity index (χ2v) is 9.71. The van der Waals surface area contributed by atoms with Gasteiger partial charge >= 0.3 is 6.18 Å². The monoisotopic (exact) mass is 521 g/mol. The second-order valence-electron chi connectivity index (χ2n) is 8.03. The number of thiocarbonyl (C=S) groups is 1. The Morgan fingerprint density at radius 3 is 2.47 bits per heavy atom. The number of anilines is 1. The van der Waals surface area contributed by atoms with Gasteiger partial charge in [-0.05, 0) is 46.7 Å². The van der Waals surface area contributed by atoms with Crippen molar-refractivity contribution in [3.63, 3.8) is 0 Å². The van der Waals surface area contributed by atoms with E-state index in [1.54, 1.807) is 6.08 Å². The van der Waals surface area contributed by atoms with Crippen LogP contribution >= 0.6 is 24.0 Å². The average molecular weight is 522 g/mol. The Hall–Kier alpha value is -3.62. The van der Waals surface area contributed by atoms with E-state index < -0.39 is 17.6 Å². The Balaban J connectivity index is 1.40. The van der Waals surface area contributed by atoms with Gasteiger partial charge in [0.05, 0.1) is 16.2 Å². The third kappa shape index (κ3) is 4.87. The molecule has 0 spiro atoms. The van der Waals surface area contributed by atoms with Crippen LogP contribution in [0.25, 0.3) is 16.8 Å². The molecule has 36 heavy (non-hydrogen) atoms. The molecule has 0 aliphatic carbocycles. The first-order valence-electron chi connectivity index (χ1n) is 10.9. The number of halogens is 3. The fourth-order valence-electron chi connectivity index (χ4n) is 3.96. The minimum atomic E-state index is -4.52. The molecule has 8 heteroatoms. The largest absolute Gasteiger partial charge is 0.488 e. The van der Waals surface area contributed by atoms with Crippen molar-refractivity contribution in [2.45, 2.75) is 12.8 Å². The summed E-state index contributed by atoms with van der Waals surface area (Å²) in [5, 5.41) is 2.21. The van der Waals surface area contributed by atoms with Crippen molar-refractivity contribution in [1.82, 2.24) is 0 Å². The first-order chi connectivity index (χ1) is 17.3. The number of ether oxygens (including phenoxy) is 1. The maximum atomic E-state index is 13.2. The summed E-state index contributed by atoms with van der Waals surface area (Å²) in [6, 6.07) is 25.9. The van der Waals surface area contributed by atoms with Crippen molar-refractivity contribution in [1.29, 1.82) is 0 Å². The fourth-order valence-corrected chi connectivity index (χ4v) is 5.25. The molecule has 1 aliphatic rings. The molecule has 0 bridgehead atoms. The molecule has 4 aromatic rings. The van der Waals surface area contributed by atoms with E-state index in [-0.39, 0.29) is 10.0 Å². The zero-order valence-corrected chi connectivity index (χ0v) is 20.3. The highest BCUT2D eigenvalue weighted by atomic mass is 32.2. The van der Waals surface area contributed by atoms with Crippen LogP contribution in [0.15, 0.2) is 95.9 Å². The van der Waals surface area contributed by atoms with Gasteiger partial charge in [0.15, 0.2) is 4.32 Å². The molecule has 5 rings (SSSR count). The molecule has 180 valence electrons. The highest BCUT2D eigenvalue weighted by Crippen LogP contribution is 2.39. The van der Waals surface area contributed by atoms with Crippen LogP contribution < -0.4 is 9.64 Å². The van der Waals surface area contributed by atoms with Crippen LogP contribution in [0.3, 0.4) is 0 Å². The highest BCUT2D eigenvalue weighted by molar-refractivity contribution is 8.27. The Morgan fingerprint density at radius 1 is 0.917 bits per heavy atom. The summed E-state index contributed by atoms with van der Waals surface area (Å²) >= 11 is 6.38. The Bertz CT molecular complexity index is 1510. The molecule has 3 nitrogen and oxygen atoms in total. The van der Waals surface area contributed by atoms with Crippen molar-refractivity contribution >= 4 is 56.7 Å². The number of fused-ring (bicyclic) bond motifs is 1. The number of benzene rings is 4. The summed E-state index contributed by atoms with van der Waals surface area (Å²) < 4.78 is 45.8. The number of amides is 1. The number of hydrogen-bond donors (Lipinski definition) is 0. The van der Waals surface area contributed by atoms with Gasteiger partial charge < -0.3 is 4.74 Å². The van der Waals surface area contributed by atoms with Crippen molar-refractivity contribution in [3.8, 4) is 5.75 Å². The zero-order valence-electron chi connectivity index (χ0n) is 18.7. The number of carbonyl (C=O) groups is 1. The maximum Gasteiger partial charge on any atom is 0.416 e. The van der Waals surface area contributed by atoms with E-state index in [2.05, 4.69) is 0 Å². The predicted octanol–water partition coefficient (Wildman–Crippen LogP) is 7.84. The number of thioether (sulfide) groups is 1. The van der Waals surface area contributed by atoms with Crippen molar-refractivity contribution < 1.29 is 22.7 Å². The molecule has 0 atom stereocenters. The quantitative estimate of drug-likeness (QED) is 0.198. The molecule has 1 heterocycles. The number of nitrogens with zero attached hydrogens (tertiary/aromatic N) is 1. The molecular formula is C28H18F3NO2S2. The Kier molecular flexibility index (Phi) is 6.55. The van der Waals surface area contributed by atoms with Crippen LogP contribution in [0.2, 0.25) is 0 Å². The molecule has 0 aromatic heterocycles. The molecule has 1 amide bonds. The Morgan fingerprint density at radius 2 is 1.64 bits per heavy atom. The topological polar surface area (TPSA) is 29.5 Å². The molecule has 1 fully saturated rings. The SMILES string of the molecule is O=C1C(=Cc2ccccc2OCc2cccc3ccccc23)SC(=S)N1c1cccc(C(F)(F)F)c1. The van der Waals surface area contributed by atoms with Crippen LogP contribution in [0, 0.1) is 0 Å². The van der Waals surface area contributed by atoms with Gasteiger partial charge in [-0.3, -0.25) is 9.69 Å². The van der Waals surface area contributed by atoms with E-state index >= 15 is 0 Å². The molecule has 1 saturated heterocycles. The van der Waals surface area contributed by atoms with Crippen LogP contribution in [-0.4, -0.2) is 10.2 Å². The lowest BCUT2D eigenvalue weighted by Crippen LogP contribution is -2.27. The number of hydrogen-bond acceptors (Lipinski definition) is 4. The lowest BCUT2D eigenvalue weighted by atomic mass is 10.1. The lowest BCUT2D eigenvalue weighted by Gasteiger charge is -2.16. The third-order valence-electron chi connectivity index (χ3n) is 5.69. The summed E-state index contributed by atoms with van der Waals surface area (Å²) in [5.74, 6) is 0.1000. The maximum absolute atomic E-state index is 13.2. The second kappa shape index (κ2) is 9.79. The first-order valence-corrected chi connectivity index (χ1v) is 12.2. The molecule has 0 unspecified atom stereocenters. The number of para-hydroxylation sites is 1. The van der Waals surface area contributed by atoms with Crippen LogP contribution in [-0.2, 0) is 17.6 Å². The Labute approximate surface area is 215 Å². The van der Waals surface area contributed by atoms with E-state index in [0.29, 0.717) is 22.8 Å². The standard InChI is InChI=1S/C28H18F3NO2S2/c29-28(30,31)21-11-6-12-22(16-21)32-26(33)25(36-27(32)35)15-19-8-2-4-14-24(19)34-17-20-10-5-9-18-7-1-3-13-23(18)20/h1-16H,17H2. The first kappa shape index (κ1) is 24.1. The van der Waals surface area contributed by atoms with Gasteiger partial charge in [-0.15, -0.1) is 0 Å². The van der Waals surface area contributed by atoms with E-state index in [1.807, 2.05) is 66.7 Å². The van der Waals surface area contributed by atoms with Crippen LogP contribution in [0.5, 0.6) is 5.75 Å². The van der Waals surface area contributed by atoms with E-state index in [4.69, 9.17) is 17.0 Å². The smallest absolute Gasteiger partial charge is 0.416 e. The molecule has 4 aromatic carbocycles. The molecular weight excluding hydrogens is 503 g/mol. The third-order valence-corrected chi connectivity index (χ3v) is 7.00. The summed E-state index contributed by atoms with van der Waals surface area (Å²) in [7, 11) is 0. The van der Waals surface area contributed by atoms with Crippen LogP contribution in [0.1, 0.15) is 16.7 Å². The molecule has 1 aliphatic heterocycles. The zero-order chi connectivity index (χ0) is 25.3. The summed E-state index contributed by atoms with van der Waals surface area (Å²) in [5.41, 5.74) is 0.933. The summed E-state index contributed by atoms with van der Waals surface area (Å²) in [6.07, 6.45) is -2.86. The minimum Gasteiger partial charge on any atom is -0.488 e.